The molecule has 2 aliphatic rings. The largest absolute Gasteiger partial charge is 0.355 e. The maximum atomic E-state index is 6.74. The molecule has 188 valence electrons. The first-order valence-corrected chi connectivity index (χ1v) is 13.6. The summed E-state index contributed by atoms with van der Waals surface area (Å²) in [6.45, 7) is 8.22. The SMILES string of the molecule is CCc1[nH]c2nc(Sc3ccc4c(N5CC(CN)C5)nc(C)nc4c3)nc(N3CC[C@@H](N)C3)c2c1Cl. The van der Waals surface area contributed by atoms with E-state index in [1.165, 1.54) is 11.8 Å². The lowest BCUT2D eigenvalue weighted by Crippen LogP contribution is -2.50. The van der Waals surface area contributed by atoms with Crippen LogP contribution in [0, 0.1) is 12.8 Å². The summed E-state index contributed by atoms with van der Waals surface area (Å²) in [6, 6.07) is 6.42. The summed E-state index contributed by atoms with van der Waals surface area (Å²) in [6.07, 6.45) is 1.73. The molecule has 2 aliphatic heterocycles. The third-order valence-corrected chi connectivity index (χ3v) is 8.33. The van der Waals surface area contributed by atoms with E-state index in [4.69, 9.17) is 43.0 Å². The molecule has 5 N–H and O–H groups in total. The average molecular weight is 524 g/mol. The molecule has 4 aromatic rings. The van der Waals surface area contributed by atoms with Crippen molar-refractivity contribution in [3.8, 4) is 0 Å². The fraction of sp³-hybridized carbons (Fsp3) is 0.440. The first kappa shape index (κ1) is 23.7. The Morgan fingerprint density at radius 2 is 1.94 bits per heavy atom. The van der Waals surface area contributed by atoms with Crippen LogP contribution in [-0.2, 0) is 6.42 Å². The summed E-state index contributed by atoms with van der Waals surface area (Å²) in [5, 5.41) is 3.29. The molecule has 0 unspecified atom stereocenters. The van der Waals surface area contributed by atoms with Gasteiger partial charge in [0, 0.05) is 54.1 Å². The molecule has 36 heavy (non-hydrogen) atoms. The Labute approximate surface area is 219 Å². The highest BCUT2D eigenvalue weighted by Gasteiger charge is 2.29. The van der Waals surface area contributed by atoms with Crippen molar-refractivity contribution in [1.29, 1.82) is 0 Å². The molecule has 1 aromatic carbocycles. The van der Waals surface area contributed by atoms with Gasteiger partial charge in [0.2, 0.25) is 0 Å². The van der Waals surface area contributed by atoms with E-state index in [0.29, 0.717) is 22.6 Å². The predicted molar refractivity (Wildman–Crippen MR) is 146 cm³/mol. The van der Waals surface area contributed by atoms with Crippen LogP contribution in [0.5, 0.6) is 0 Å². The molecule has 0 aliphatic carbocycles. The van der Waals surface area contributed by atoms with E-state index < -0.39 is 0 Å². The lowest BCUT2D eigenvalue weighted by atomic mass is 10.00. The monoisotopic (exact) mass is 523 g/mol. The van der Waals surface area contributed by atoms with Crippen molar-refractivity contribution in [3.05, 3.63) is 34.7 Å². The van der Waals surface area contributed by atoms with Crippen molar-refractivity contribution < 1.29 is 0 Å². The highest BCUT2D eigenvalue weighted by molar-refractivity contribution is 7.99. The first-order chi connectivity index (χ1) is 17.4. The fourth-order valence-electron chi connectivity index (χ4n) is 5.08. The van der Waals surface area contributed by atoms with Crippen molar-refractivity contribution in [2.45, 2.75) is 42.8 Å². The van der Waals surface area contributed by atoms with Gasteiger partial charge in [0.05, 0.1) is 15.9 Å². The number of aromatic nitrogens is 5. The average Bonchev–Trinajstić information content (AvgIpc) is 3.40. The second kappa shape index (κ2) is 9.33. The molecule has 2 fully saturated rings. The summed E-state index contributed by atoms with van der Waals surface area (Å²) >= 11 is 8.27. The van der Waals surface area contributed by atoms with Gasteiger partial charge in [0.15, 0.2) is 5.16 Å². The topological polar surface area (TPSA) is 126 Å². The standard InChI is InChI=1S/C25H30ClN9S/c1-3-18-21(26)20-22(31-18)32-25(33-24(20)34-7-6-15(28)12-34)36-16-4-5-17-19(8-16)29-13(2)30-23(17)35-10-14(9-27)11-35/h4-5,8,14-15H,3,6-7,9-12,27-28H2,1-2H3,(H,31,32,33)/t15-/m1/s1. The Morgan fingerprint density at radius 3 is 2.67 bits per heavy atom. The van der Waals surface area contributed by atoms with Crippen molar-refractivity contribution >= 4 is 56.9 Å². The van der Waals surface area contributed by atoms with Crippen LogP contribution in [-0.4, -0.2) is 63.7 Å². The zero-order valence-electron chi connectivity index (χ0n) is 20.5. The van der Waals surface area contributed by atoms with E-state index in [1.807, 2.05) is 6.92 Å². The van der Waals surface area contributed by atoms with Crippen molar-refractivity contribution in [3.63, 3.8) is 0 Å². The number of anilines is 2. The summed E-state index contributed by atoms with van der Waals surface area (Å²) in [7, 11) is 0. The molecule has 0 saturated carbocycles. The fourth-order valence-corrected chi connectivity index (χ4v) is 6.22. The van der Waals surface area contributed by atoms with E-state index in [1.54, 1.807) is 0 Å². The highest BCUT2D eigenvalue weighted by Crippen LogP contribution is 2.38. The van der Waals surface area contributed by atoms with Crippen LogP contribution in [0.4, 0.5) is 11.6 Å². The summed E-state index contributed by atoms with van der Waals surface area (Å²) < 4.78 is 0. The Balaban J connectivity index is 1.37. The maximum absolute atomic E-state index is 6.74. The Morgan fingerprint density at radius 1 is 1.11 bits per heavy atom. The number of nitrogens with one attached hydrogen (secondary N) is 1. The van der Waals surface area contributed by atoms with E-state index in [9.17, 15) is 0 Å². The molecule has 1 atom stereocenters. The van der Waals surface area contributed by atoms with Gasteiger partial charge in [-0.1, -0.05) is 18.5 Å². The minimum Gasteiger partial charge on any atom is -0.355 e. The summed E-state index contributed by atoms with van der Waals surface area (Å²) in [4.78, 5) is 28.2. The van der Waals surface area contributed by atoms with Gasteiger partial charge < -0.3 is 26.3 Å². The lowest BCUT2D eigenvalue weighted by molar-refractivity contribution is 0.418. The quantitative estimate of drug-likeness (QED) is 0.325. The third-order valence-electron chi connectivity index (χ3n) is 7.06. The van der Waals surface area contributed by atoms with Gasteiger partial charge in [-0.3, -0.25) is 0 Å². The number of nitrogens with zero attached hydrogens (tertiary/aromatic N) is 6. The number of nitrogens with two attached hydrogens (primary N) is 2. The van der Waals surface area contributed by atoms with E-state index in [2.05, 4.69) is 39.9 Å². The van der Waals surface area contributed by atoms with E-state index in [0.717, 1.165) is 89.0 Å². The van der Waals surface area contributed by atoms with Crippen LogP contribution in [0.3, 0.4) is 0 Å². The van der Waals surface area contributed by atoms with Gasteiger partial charge >= 0.3 is 0 Å². The van der Waals surface area contributed by atoms with Crippen molar-refractivity contribution in [2.24, 2.45) is 17.4 Å². The summed E-state index contributed by atoms with van der Waals surface area (Å²) in [5.41, 5.74) is 14.7. The second-order valence-corrected chi connectivity index (χ2v) is 11.1. The van der Waals surface area contributed by atoms with Gasteiger partial charge in [0.1, 0.15) is 23.1 Å². The van der Waals surface area contributed by atoms with Crippen LogP contribution in [0.2, 0.25) is 5.02 Å². The predicted octanol–water partition coefficient (Wildman–Crippen LogP) is 3.51. The zero-order chi connectivity index (χ0) is 25.0. The number of fused-ring (bicyclic) bond motifs is 2. The molecular formula is C25H30ClN9S. The van der Waals surface area contributed by atoms with Crippen molar-refractivity contribution in [1.82, 2.24) is 24.9 Å². The molecule has 0 bridgehead atoms. The van der Waals surface area contributed by atoms with Crippen LogP contribution in [0.25, 0.3) is 21.9 Å². The van der Waals surface area contributed by atoms with Crippen LogP contribution >= 0.6 is 23.4 Å². The minimum absolute atomic E-state index is 0.138. The molecule has 6 rings (SSSR count). The Kier molecular flexibility index (Phi) is 6.15. The number of benzene rings is 1. The Hall–Kier alpha value is -2.66. The number of hydrogen-bond acceptors (Lipinski definition) is 9. The molecule has 2 saturated heterocycles. The summed E-state index contributed by atoms with van der Waals surface area (Å²) in [5.74, 6) is 3.13. The molecule has 3 aromatic heterocycles. The number of H-pyrrole nitrogens is 1. The smallest absolute Gasteiger partial charge is 0.196 e. The van der Waals surface area contributed by atoms with Gasteiger partial charge in [-0.15, -0.1) is 0 Å². The second-order valence-electron chi connectivity index (χ2n) is 9.70. The van der Waals surface area contributed by atoms with Gasteiger partial charge in [-0.25, -0.2) is 19.9 Å². The lowest BCUT2D eigenvalue weighted by Gasteiger charge is -2.40. The van der Waals surface area contributed by atoms with Gasteiger partial charge in [-0.2, -0.15) is 0 Å². The molecule has 0 amide bonds. The minimum atomic E-state index is 0.138. The van der Waals surface area contributed by atoms with E-state index in [-0.39, 0.29) is 6.04 Å². The van der Waals surface area contributed by atoms with Crippen LogP contribution in [0.15, 0.2) is 28.3 Å². The highest BCUT2D eigenvalue weighted by atomic mass is 35.5. The van der Waals surface area contributed by atoms with E-state index >= 15 is 0 Å². The molecule has 0 radical (unpaired) electrons. The molecule has 5 heterocycles. The number of hydrogen-bond donors (Lipinski definition) is 3. The number of aromatic amines is 1. The van der Waals surface area contributed by atoms with Crippen LogP contribution < -0.4 is 21.3 Å². The molecular weight excluding hydrogens is 494 g/mol. The van der Waals surface area contributed by atoms with Gasteiger partial charge in [0.25, 0.3) is 0 Å². The third kappa shape index (κ3) is 4.15. The zero-order valence-corrected chi connectivity index (χ0v) is 22.0. The van der Waals surface area contributed by atoms with Crippen LogP contribution in [0.1, 0.15) is 24.9 Å². The number of rotatable bonds is 6. The number of aryl methyl sites for hydroxylation is 2. The Bertz CT molecular complexity index is 1450. The molecule has 0 spiro atoms. The van der Waals surface area contributed by atoms with Crippen molar-refractivity contribution in [2.75, 3.05) is 42.5 Å². The first-order valence-electron chi connectivity index (χ1n) is 12.4. The molecule has 11 heteroatoms. The molecule has 9 nitrogen and oxygen atoms in total. The van der Waals surface area contributed by atoms with Gasteiger partial charge in [-0.05, 0) is 56.3 Å². The normalized spacial score (nSPS) is 18.5. The number of halogens is 1. The maximum Gasteiger partial charge on any atom is 0.196 e.